The molecule has 1 rings (SSSR count). The molecule has 1 aromatic carbocycles. The van der Waals surface area contributed by atoms with Crippen molar-refractivity contribution in [3.05, 3.63) is 53.1 Å². The van der Waals surface area contributed by atoms with Crippen LogP contribution in [0.3, 0.4) is 0 Å². The molecule has 0 fully saturated rings. The van der Waals surface area contributed by atoms with Crippen LogP contribution >= 0.6 is 0 Å². The third-order valence-corrected chi connectivity index (χ3v) is 3.17. The summed E-state index contributed by atoms with van der Waals surface area (Å²) in [6, 6.07) is 8.50. The van der Waals surface area contributed by atoms with E-state index in [0.29, 0.717) is 5.56 Å². The second-order valence-electron chi connectivity index (χ2n) is 3.42. The average Bonchev–Trinajstić information content (AvgIpc) is 2.36. The van der Waals surface area contributed by atoms with Gasteiger partial charge in [0.25, 0.3) is 0 Å². The quantitative estimate of drug-likeness (QED) is 0.458. The third-order valence-electron chi connectivity index (χ3n) is 1.98. The van der Waals surface area contributed by atoms with Gasteiger partial charge in [-0.05, 0) is 11.6 Å². The first kappa shape index (κ1) is 15.4. The Morgan fingerprint density at radius 2 is 1.70 bits per heavy atom. The summed E-state index contributed by atoms with van der Waals surface area (Å²) < 4.78 is 27.4. The minimum atomic E-state index is -4.69. The normalized spacial score (nSPS) is 12.3. The maximum Gasteiger partial charge on any atom is 0.351 e. The van der Waals surface area contributed by atoms with E-state index in [1.165, 1.54) is 6.08 Å². The minimum Gasteiger partial charge on any atom is -0.478 e. The molecule has 0 amide bonds. The third kappa shape index (κ3) is 4.58. The van der Waals surface area contributed by atoms with Crippen LogP contribution in [0.15, 0.2) is 47.6 Å². The van der Waals surface area contributed by atoms with Gasteiger partial charge in [0.1, 0.15) is 6.26 Å². The second kappa shape index (κ2) is 6.53. The zero-order valence-corrected chi connectivity index (χ0v) is 10.8. The van der Waals surface area contributed by atoms with Gasteiger partial charge in [0.15, 0.2) is 4.91 Å². The molecule has 0 heterocycles. The summed E-state index contributed by atoms with van der Waals surface area (Å²) in [5, 5.41) is 17.1. The molecule has 0 spiro atoms. The van der Waals surface area contributed by atoms with Gasteiger partial charge in [0, 0.05) is 0 Å². The fourth-order valence-electron chi connectivity index (χ4n) is 1.15. The number of carboxylic acids is 2. The van der Waals surface area contributed by atoms with Gasteiger partial charge in [0.05, 0.1) is 6.08 Å². The lowest BCUT2D eigenvalue weighted by molar-refractivity contribution is -0.134. The lowest BCUT2D eigenvalue weighted by atomic mass is 10.2. The highest BCUT2D eigenvalue weighted by Crippen LogP contribution is 2.11. The van der Waals surface area contributed by atoms with Gasteiger partial charge in [0.2, 0.25) is 0 Å². The molecular formula is C12H10O7S. The number of rotatable bonds is 6. The van der Waals surface area contributed by atoms with E-state index >= 15 is 0 Å². The SMILES string of the molecule is O=C(O)C=C(C(=O)O)S(=O)(=O)OC=Cc1ccccc1. The van der Waals surface area contributed by atoms with Crippen molar-refractivity contribution in [1.29, 1.82) is 0 Å². The minimum absolute atomic E-state index is 0.0496. The topological polar surface area (TPSA) is 118 Å². The molecule has 7 nitrogen and oxygen atoms in total. The van der Waals surface area contributed by atoms with Gasteiger partial charge >= 0.3 is 22.1 Å². The molecule has 0 aromatic heterocycles. The molecule has 0 aliphatic rings. The molecule has 20 heavy (non-hydrogen) atoms. The van der Waals surface area contributed by atoms with Crippen molar-refractivity contribution in [3.8, 4) is 0 Å². The summed E-state index contributed by atoms with van der Waals surface area (Å²) in [7, 11) is -4.69. The van der Waals surface area contributed by atoms with Gasteiger partial charge in [-0.3, -0.25) is 0 Å². The van der Waals surface area contributed by atoms with E-state index in [2.05, 4.69) is 4.18 Å². The molecule has 0 radical (unpaired) electrons. The standard InChI is InChI=1S/C12H10O7S/c13-11(14)8-10(12(15)16)20(17,18)19-7-6-9-4-2-1-3-5-9/h1-8H,(H,13,14)(H,15,16). The van der Waals surface area contributed by atoms with E-state index < -0.39 is 27.0 Å². The van der Waals surface area contributed by atoms with Crippen molar-refractivity contribution >= 4 is 28.1 Å². The Hall–Kier alpha value is -2.61. The smallest absolute Gasteiger partial charge is 0.351 e. The highest BCUT2D eigenvalue weighted by Gasteiger charge is 2.26. The van der Waals surface area contributed by atoms with E-state index in [-0.39, 0.29) is 6.08 Å². The van der Waals surface area contributed by atoms with Gasteiger partial charge < -0.3 is 14.4 Å². The first-order chi connectivity index (χ1) is 9.33. The number of carbonyl (C=O) groups is 2. The van der Waals surface area contributed by atoms with Crippen LogP contribution in [-0.2, 0) is 23.9 Å². The molecular weight excluding hydrogens is 288 g/mol. The largest absolute Gasteiger partial charge is 0.478 e. The Bertz CT molecular complexity index is 656. The van der Waals surface area contributed by atoms with Crippen molar-refractivity contribution in [1.82, 2.24) is 0 Å². The van der Waals surface area contributed by atoms with Crippen LogP contribution in [0.25, 0.3) is 6.08 Å². The summed E-state index contributed by atoms with van der Waals surface area (Å²) in [6.45, 7) is 0. The van der Waals surface area contributed by atoms with Gasteiger partial charge in [-0.15, -0.1) is 0 Å². The van der Waals surface area contributed by atoms with E-state index in [4.69, 9.17) is 10.2 Å². The summed E-state index contributed by atoms with van der Waals surface area (Å²) in [6.07, 6.45) is 2.11. The summed E-state index contributed by atoms with van der Waals surface area (Å²) in [4.78, 5) is 19.7. The maximum absolute atomic E-state index is 11.5. The molecule has 0 aliphatic carbocycles. The monoisotopic (exact) mass is 298 g/mol. The molecule has 0 saturated heterocycles. The second-order valence-corrected chi connectivity index (χ2v) is 4.96. The lowest BCUT2D eigenvalue weighted by Crippen LogP contribution is -2.15. The van der Waals surface area contributed by atoms with Crippen LogP contribution in [0.1, 0.15) is 5.56 Å². The molecule has 0 aliphatic heterocycles. The zero-order valence-electron chi connectivity index (χ0n) is 9.96. The number of hydrogen-bond donors (Lipinski definition) is 2. The van der Waals surface area contributed by atoms with Gasteiger partial charge in [-0.25, -0.2) is 9.59 Å². The number of carboxylic acid groups (broad SMARTS) is 2. The van der Waals surface area contributed by atoms with Crippen LogP contribution in [0, 0.1) is 0 Å². The summed E-state index contributed by atoms with van der Waals surface area (Å²) in [5.74, 6) is -3.62. The molecule has 106 valence electrons. The Morgan fingerprint density at radius 1 is 1.10 bits per heavy atom. The van der Waals surface area contributed by atoms with Crippen molar-refractivity contribution < 1.29 is 32.4 Å². The first-order valence-corrected chi connectivity index (χ1v) is 6.56. The Balaban J connectivity index is 2.92. The molecule has 1 aromatic rings. The zero-order chi connectivity index (χ0) is 15.2. The highest BCUT2D eigenvalue weighted by atomic mass is 32.2. The van der Waals surface area contributed by atoms with Crippen molar-refractivity contribution in [3.63, 3.8) is 0 Å². The van der Waals surface area contributed by atoms with Crippen LogP contribution in [-0.4, -0.2) is 30.6 Å². The predicted molar refractivity (Wildman–Crippen MR) is 68.8 cm³/mol. The number of benzene rings is 1. The van der Waals surface area contributed by atoms with E-state index in [9.17, 15) is 18.0 Å². The van der Waals surface area contributed by atoms with E-state index in [1.807, 2.05) is 0 Å². The van der Waals surface area contributed by atoms with Crippen LogP contribution in [0.2, 0.25) is 0 Å². The molecule has 0 unspecified atom stereocenters. The molecule has 0 bridgehead atoms. The highest BCUT2D eigenvalue weighted by molar-refractivity contribution is 7.91. The molecule has 2 N–H and O–H groups in total. The number of hydrogen-bond acceptors (Lipinski definition) is 5. The summed E-state index contributed by atoms with van der Waals surface area (Å²) >= 11 is 0. The lowest BCUT2D eigenvalue weighted by Gasteiger charge is -2.02. The van der Waals surface area contributed by atoms with Crippen LogP contribution < -0.4 is 0 Å². The van der Waals surface area contributed by atoms with Crippen LogP contribution in [0.4, 0.5) is 0 Å². The molecule has 0 saturated carbocycles. The Labute approximate surface area is 114 Å². The summed E-state index contributed by atoms with van der Waals surface area (Å²) in [5.41, 5.74) is 0.627. The van der Waals surface area contributed by atoms with E-state index in [1.54, 1.807) is 30.3 Å². The maximum atomic E-state index is 11.5. The van der Waals surface area contributed by atoms with Gasteiger partial charge in [-0.1, -0.05) is 30.3 Å². The fraction of sp³-hybridized carbons (Fsp3) is 0. The fourth-order valence-corrected chi connectivity index (χ4v) is 1.91. The number of aliphatic carboxylic acids is 2. The Kier molecular flexibility index (Phi) is 5.04. The van der Waals surface area contributed by atoms with Crippen LogP contribution in [0.5, 0.6) is 0 Å². The van der Waals surface area contributed by atoms with E-state index in [0.717, 1.165) is 6.26 Å². The van der Waals surface area contributed by atoms with Crippen molar-refractivity contribution in [2.45, 2.75) is 0 Å². The van der Waals surface area contributed by atoms with Gasteiger partial charge in [-0.2, -0.15) is 8.42 Å². The Morgan fingerprint density at radius 3 is 2.20 bits per heavy atom. The first-order valence-electron chi connectivity index (χ1n) is 5.16. The predicted octanol–water partition coefficient (Wildman–Crippen LogP) is 1.06. The molecule has 8 heteroatoms. The average molecular weight is 298 g/mol. The van der Waals surface area contributed by atoms with Crippen molar-refractivity contribution in [2.75, 3.05) is 0 Å². The van der Waals surface area contributed by atoms with Crippen molar-refractivity contribution in [2.24, 2.45) is 0 Å². The molecule has 0 atom stereocenters.